The van der Waals surface area contributed by atoms with Crippen LogP contribution in [0.1, 0.15) is 16.1 Å². The van der Waals surface area contributed by atoms with E-state index in [0.717, 1.165) is 66.3 Å². The monoisotopic (exact) mass is 581 g/mol. The van der Waals surface area contributed by atoms with Crippen molar-refractivity contribution in [3.8, 4) is 22.6 Å². The smallest absolute Gasteiger partial charge is 0.270 e. The zero-order chi connectivity index (χ0) is 29.8. The van der Waals surface area contributed by atoms with Crippen LogP contribution in [0.4, 0.5) is 16.0 Å². The van der Waals surface area contributed by atoms with Crippen molar-refractivity contribution >= 4 is 28.6 Å². The summed E-state index contributed by atoms with van der Waals surface area (Å²) in [5, 5.41) is 6.31. The quantitative estimate of drug-likeness (QED) is 0.232. The minimum Gasteiger partial charge on any atom is -0.457 e. The van der Waals surface area contributed by atoms with E-state index in [-0.39, 0.29) is 11.6 Å². The molecule has 2 N–H and O–H groups in total. The number of nitrogens with one attached hydrogen (secondary N) is 2. The molecule has 11 heteroatoms. The maximum atomic E-state index is 13.8. The molecule has 1 fully saturated rings. The van der Waals surface area contributed by atoms with Gasteiger partial charge in [0, 0.05) is 69.5 Å². The molecule has 0 saturated carbocycles. The van der Waals surface area contributed by atoms with Crippen molar-refractivity contribution in [2.45, 2.75) is 6.92 Å². The number of rotatable bonds is 9. The number of halogens is 1. The Morgan fingerprint density at radius 2 is 1.81 bits per heavy atom. The maximum absolute atomic E-state index is 13.8. The summed E-state index contributed by atoms with van der Waals surface area (Å²) in [6, 6.07) is 18.1. The van der Waals surface area contributed by atoms with Crippen LogP contribution >= 0.6 is 0 Å². The summed E-state index contributed by atoms with van der Waals surface area (Å²) in [4.78, 5) is 27.6. The summed E-state index contributed by atoms with van der Waals surface area (Å²) in [7, 11) is 1.93. The number of hydrogen-bond acceptors (Lipinski definition) is 8. The first kappa shape index (κ1) is 28.3. The van der Waals surface area contributed by atoms with Gasteiger partial charge in [-0.25, -0.2) is 9.97 Å². The van der Waals surface area contributed by atoms with Gasteiger partial charge >= 0.3 is 0 Å². The molecule has 0 spiro atoms. The highest BCUT2D eigenvalue weighted by molar-refractivity contribution is 5.92. The summed E-state index contributed by atoms with van der Waals surface area (Å²) in [6.07, 6.45) is 3.02. The Kier molecular flexibility index (Phi) is 8.25. The Morgan fingerprint density at radius 3 is 2.65 bits per heavy atom. The molecule has 0 bridgehead atoms. The highest BCUT2D eigenvalue weighted by Gasteiger charge is 2.14. The average molecular weight is 582 g/mol. The number of hydrogen-bond donors (Lipinski definition) is 2. The fourth-order valence-corrected chi connectivity index (χ4v) is 5.04. The number of morpholine rings is 1. The fourth-order valence-electron chi connectivity index (χ4n) is 5.04. The minimum absolute atomic E-state index is 0.247. The second-order valence-corrected chi connectivity index (χ2v) is 10.4. The van der Waals surface area contributed by atoms with Crippen LogP contribution in [-0.2, 0) is 11.8 Å². The van der Waals surface area contributed by atoms with Gasteiger partial charge in [-0.15, -0.1) is 0 Å². The lowest BCUT2D eigenvalue weighted by Gasteiger charge is -2.26. The molecule has 1 saturated heterocycles. The van der Waals surface area contributed by atoms with Crippen LogP contribution in [0, 0.1) is 12.9 Å². The highest BCUT2D eigenvalue weighted by atomic mass is 19.1. The number of imidazole rings is 1. The number of aromatic nitrogens is 4. The van der Waals surface area contributed by atoms with Crippen molar-refractivity contribution in [3.63, 3.8) is 0 Å². The third kappa shape index (κ3) is 6.63. The van der Waals surface area contributed by atoms with Crippen LogP contribution < -0.4 is 15.4 Å². The number of aryl methyl sites for hydroxylation is 2. The van der Waals surface area contributed by atoms with Gasteiger partial charge in [0.2, 0.25) is 11.9 Å². The molecule has 5 aromatic rings. The molecule has 1 aliphatic heterocycles. The van der Waals surface area contributed by atoms with E-state index in [2.05, 4.69) is 25.5 Å². The standard InChI is InChI=1S/C32H32FN7O3/c1-21-3-4-23(18-26(21)22-7-9-35-30(33)17-22)37-32-38-27-19-24(5-6-29(27)39(32)2)43-25-8-10-34-28(20-25)31(41)36-11-12-40-13-15-42-16-14-40/h3-10,17-20H,11-16H2,1-2H3,(H,36,41)(H,37,38). The number of ether oxygens (including phenoxy) is 2. The lowest BCUT2D eigenvalue weighted by atomic mass is 10.0. The number of amides is 1. The third-order valence-corrected chi connectivity index (χ3v) is 7.40. The molecule has 0 unspecified atom stereocenters. The van der Waals surface area contributed by atoms with Crippen molar-refractivity contribution in [2.24, 2.45) is 7.05 Å². The van der Waals surface area contributed by atoms with Gasteiger partial charge in [-0.3, -0.25) is 14.7 Å². The fraction of sp³-hybridized carbons (Fsp3) is 0.250. The number of pyridine rings is 2. The van der Waals surface area contributed by atoms with Crippen LogP contribution in [0.3, 0.4) is 0 Å². The van der Waals surface area contributed by atoms with Crippen molar-refractivity contribution in [3.05, 3.63) is 90.3 Å². The molecule has 1 aliphatic rings. The van der Waals surface area contributed by atoms with Crippen molar-refractivity contribution in [2.75, 3.05) is 44.7 Å². The largest absolute Gasteiger partial charge is 0.457 e. The van der Waals surface area contributed by atoms with Crippen molar-refractivity contribution in [1.29, 1.82) is 0 Å². The average Bonchev–Trinajstić information content (AvgIpc) is 3.32. The van der Waals surface area contributed by atoms with Crippen LogP contribution in [0.2, 0.25) is 0 Å². The molecule has 43 heavy (non-hydrogen) atoms. The topological polar surface area (TPSA) is 106 Å². The van der Waals surface area contributed by atoms with E-state index in [0.29, 0.717) is 24.0 Å². The maximum Gasteiger partial charge on any atom is 0.270 e. The molecule has 0 atom stereocenters. The van der Waals surface area contributed by atoms with E-state index in [1.165, 1.54) is 12.3 Å². The summed E-state index contributed by atoms with van der Waals surface area (Å²) in [5.41, 5.74) is 5.44. The first-order valence-corrected chi connectivity index (χ1v) is 14.1. The molecule has 2 aromatic carbocycles. The van der Waals surface area contributed by atoms with Gasteiger partial charge in [-0.2, -0.15) is 4.39 Å². The minimum atomic E-state index is -0.519. The van der Waals surface area contributed by atoms with Crippen LogP contribution in [0.15, 0.2) is 73.1 Å². The molecular weight excluding hydrogens is 549 g/mol. The molecule has 6 rings (SSSR count). The first-order chi connectivity index (χ1) is 20.9. The first-order valence-electron chi connectivity index (χ1n) is 14.1. The van der Waals surface area contributed by atoms with Crippen LogP contribution in [0.25, 0.3) is 22.2 Å². The predicted octanol–water partition coefficient (Wildman–Crippen LogP) is 5.08. The third-order valence-electron chi connectivity index (χ3n) is 7.40. The number of carbonyl (C=O) groups excluding carboxylic acids is 1. The van der Waals surface area contributed by atoms with Crippen LogP contribution in [0.5, 0.6) is 11.5 Å². The van der Waals surface area contributed by atoms with E-state index < -0.39 is 5.95 Å². The van der Waals surface area contributed by atoms with E-state index in [1.807, 2.05) is 54.9 Å². The molecule has 3 aromatic heterocycles. The van der Waals surface area contributed by atoms with Gasteiger partial charge in [-0.05, 0) is 60.0 Å². The summed E-state index contributed by atoms with van der Waals surface area (Å²) >= 11 is 0. The molecule has 0 aliphatic carbocycles. The van der Waals surface area contributed by atoms with Gasteiger partial charge in [0.1, 0.15) is 17.2 Å². The number of carbonyl (C=O) groups is 1. The molecule has 220 valence electrons. The molecular formula is C32H32FN7O3. The molecule has 0 radical (unpaired) electrons. The zero-order valence-electron chi connectivity index (χ0n) is 24.0. The van der Waals surface area contributed by atoms with Gasteiger partial charge in [0.05, 0.1) is 24.2 Å². The van der Waals surface area contributed by atoms with Gasteiger partial charge in [0.25, 0.3) is 5.91 Å². The van der Waals surface area contributed by atoms with Gasteiger partial charge in [-0.1, -0.05) is 6.07 Å². The van der Waals surface area contributed by atoms with Crippen molar-refractivity contribution in [1.82, 2.24) is 29.7 Å². The summed E-state index contributed by atoms with van der Waals surface area (Å²) in [5.74, 6) is 0.959. The Labute approximate surface area is 248 Å². The highest BCUT2D eigenvalue weighted by Crippen LogP contribution is 2.31. The van der Waals surface area contributed by atoms with Crippen LogP contribution in [-0.4, -0.2) is 69.7 Å². The Balaban J connectivity index is 1.14. The number of nitrogens with zero attached hydrogens (tertiary/aromatic N) is 5. The van der Waals surface area contributed by atoms with Crippen molar-refractivity contribution < 1.29 is 18.7 Å². The Bertz CT molecular complexity index is 1770. The van der Waals surface area contributed by atoms with E-state index in [9.17, 15) is 9.18 Å². The Morgan fingerprint density at radius 1 is 1.00 bits per heavy atom. The van der Waals surface area contributed by atoms with Gasteiger partial charge < -0.3 is 24.7 Å². The van der Waals surface area contributed by atoms with E-state index >= 15 is 0 Å². The lowest BCUT2D eigenvalue weighted by Crippen LogP contribution is -2.41. The summed E-state index contributed by atoms with van der Waals surface area (Å²) < 4.78 is 27.2. The Hall–Kier alpha value is -4.87. The SMILES string of the molecule is Cc1ccc(Nc2nc3cc(Oc4ccnc(C(=O)NCCN5CCOCC5)c4)ccc3n2C)cc1-c1ccnc(F)c1. The number of benzene rings is 2. The predicted molar refractivity (Wildman–Crippen MR) is 162 cm³/mol. The molecule has 1 amide bonds. The van der Waals surface area contributed by atoms with Gasteiger partial charge in [0.15, 0.2) is 0 Å². The van der Waals surface area contributed by atoms with E-state index in [1.54, 1.807) is 24.4 Å². The number of fused-ring (bicyclic) bond motifs is 1. The molecule has 10 nitrogen and oxygen atoms in total. The summed E-state index contributed by atoms with van der Waals surface area (Å²) in [6.45, 7) is 6.47. The second-order valence-electron chi connectivity index (χ2n) is 10.4. The molecule has 4 heterocycles. The normalized spacial score (nSPS) is 13.7. The zero-order valence-corrected chi connectivity index (χ0v) is 24.0. The lowest BCUT2D eigenvalue weighted by molar-refractivity contribution is 0.0383. The number of anilines is 2. The van der Waals surface area contributed by atoms with E-state index in [4.69, 9.17) is 14.5 Å². The second kappa shape index (κ2) is 12.6.